The lowest BCUT2D eigenvalue weighted by Gasteiger charge is -2.17. The standard InChI is InChI=1S/C39H45N3O3/c1-5-41(6-2)25-10-26-43-34-23-17-33(18-24-34)42-28-38(40-39(42)27-30(3)4)32-15-21-35(22-16-32)44-29-31-13-19-37(20-14-31)45-36-11-8-7-9-12-36/h7-9,11-24,28,30H,5-6,10,25-27,29H2,1-4H3. The molecule has 1 heterocycles. The van der Waals surface area contributed by atoms with Crippen LogP contribution < -0.4 is 14.2 Å². The number of imidazole rings is 1. The van der Waals surface area contributed by atoms with Crippen molar-refractivity contribution in [2.24, 2.45) is 5.92 Å². The maximum absolute atomic E-state index is 6.08. The third-order valence-corrected chi connectivity index (χ3v) is 7.72. The summed E-state index contributed by atoms with van der Waals surface area (Å²) in [6.07, 6.45) is 4.04. The van der Waals surface area contributed by atoms with Gasteiger partial charge in [0.05, 0.1) is 12.3 Å². The predicted octanol–water partition coefficient (Wildman–Crippen LogP) is 9.22. The molecule has 0 saturated heterocycles. The Morgan fingerprint density at radius 3 is 2.00 bits per heavy atom. The Hall–Kier alpha value is -4.55. The van der Waals surface area contributed by atoms with Crippen LogP contribution >= 0.6 is 0 Å². The van der Waals surface area contributed by atoms with Gasteiger partial charge in [-0.15, -0.1) is 0 Å². The minimum absolute atomic E-state index is 0.480. The number of aromatic nitrogens is 2. The molecule has 6 heteroatoms. The van der Waals surface area contributed by atoms with Gasteiger partial charge in [0.2, 0.25) is 0 Å². The largest absolute Gasteiger partial charge is 0.494 e. The van der Waals surface area contributed by atoms with Gasteiger partial charge < -0.3 is 23.7 Å². The van der Waals surface area contributed by atoms with Crippen molar-refractivity contribution in [3.63, 3.8) is 0 Å². The first kappa shape index (κ1) is 31.9. The molecule has 0 fully saturated rings. The lowest BCUT2D eigenvalue weighted by Crippen LogP contribution is -2.25. The van der Waals surface area contributed by atoms with Crippen LogP contribution in [0.15, 0.2) is 109 Å². The van der Waals surface area contributed by atoms with Crippen LogP contribution in [-0.2, 0) is 13.0 Å². The van der Waals surface area contributed by atoms with Crippen LogP contribution in [0.4, 0.5) is 0 Å². The van der Waals surface area contributed by atoms with Crippen LogP contribution in [-0.4, -0.2) is 40.7 Å². The van der Waals surface area contributed by atoms with Gasteiger partial charge in [-0.2, -0.15) is 0 Å². The summed E-state index contributed by atoms with van der Waals surface area (Å²) < 4.78 is 20.2. The van der Waals surface area contributed by atoms with Gasteiger partial charge in [0.25, 0.3) is 0 Å². The van der Waals surface area contributed by atoms with E-state index in [-0.39, 0.29) is 0 Å². The molecule has 0 radical (unpaired) electrons. The van der Waals surface area contributed by atoms with Gasteiger partial charge in [0, 0.05) is 30.4 Å². The molecule has 45 heavy (non-hydrogen) atoms. The van der Waals surface area contributed by atoms with Gasteiger partial charge >= 0.3 is 0 Å². The SMILES string of the molecule is CCN(CC)CCCOc1ccc(-n2cc(-c3ccc(OCc4ccc(Oc5ccccc5)cc4)cc3)nc2CC(C)C)cc1. The normalized spacial score (nSPS) is 11.2. The second-order valence-corrected chi connectivity index (χ2v) is 11.6. The summed E-state index contributed by atoms with van der Waals surface area (Å²) in [5.41, 5.74) is 4.16. The molecule has 0 unspecified atom stereocenters. The van der Waals surface area contributed by atoms with E-state index in [1.165, 1.54) is 0 Å². The zero-order valence-corrected chi connectivity index (χ0v) is 27.0. The van der Waals surface area contributed by atoms with E-state index in [1.807, 2.05) is 66.7 Å². The van der Waals surface area contributed by atoms with Crippen molar-refractivity contribution >= 4 is 0 Å². The van der Waals surface area contributed by atoms with Crippen molar-refractivity contribution < 1.29 is 14.2 Å². The molecule has 5 rings (SSSR count). The number of benzene rings is 4. The average Bonchev–Trinajstić information content (AvgIpc) is 3.48. The zero-order valence-electron chi connectivity index (χ0n) is 27.0. The molecule has 0 saturated carbocycles. The van der Waals surface area contributed by atoms with E-state index < -0.39 is 0 Å². The third-order valence-electron chi connectivity index (χ3n) is 7.72. The van der Waals surface area contributed by atoms with Crippen molar-refractivity contribution in [3.8, 4) is 39.9 Å². The first-order chi connectivity index (χ1) is 22.0. The molecule has 1 aromatic heterocycles. The quantitative estimate of drug-likeness (QED) is 0.105. The van der Waals surface area contributed by atoms with E-state index in [1.54, 1.807) is 0 Å². The van der Waals surface area contributed by atoms with Gasteiger partial charge in [0.1, 0.15) is 35.4 Å². The van der Waals surface area contributed by atoms with Crippen LogP contribution in [0.3, 0.4) is 0 Å². The fraction of sp³-hybridized carbons (Fsp3) is 0.308. The maximum Gasteiger partial charge on any atom is 0.127 e. The molecule has 0 amide bonds. The van der Waals surface area contributed by atoms with Crippen molar-refractivity contribution in [1.82, 2.24) is 14.5 Å². The van der Waals surface area contributed by atoms with Crippen molar-refractivity contribution in [1.29, 1.82) is 0 Å². The second kappa shape index (κ2) is 16.0. The summed E-state index contributed by atoms with van der Waals surface area (Å²) in [4.78, 5) is 7.47. The maximum atomic E-state index is 6.08. The predicted molar refractivity (Wildman–Crippen MR) is 183 cm³/mol. The third kappa shape index (κ3) is 9.22. The first-order valence-electron chi connectivity index (χ1n) is 16.1. The molecule has 234 valence electrons. The van der Waals surface area contributed by atoms with Crippen LogP contribution in [0.25, 0.3) is 16.9 Å². The lowest BCUT2D eigenvalue weighted by molar-refractivity contribution is 0.249. The van der Waals surface area contributed by atoms with E-state index in [4.69, 9.17) is 19.2 Å². The smallest absolute Gasteiger partial charge is 0.127 e. The van der Waals surface area contributed by atoms with Gasteiger partial charge in [-0.1, -0.05) is 58.0 Å². The Labute approximate surface area is 268 Å². The summed E-state index contributed by atoms with van der Waals surface area (Å²) in [6.45, 7) is 13.3. The van der Waals surface area contributed by atoms with Crippen molar-refractivity contribution in [3.05, 3.63) is 121 Å². The van der Waals surface area contributed by atoms with Crippen LogP contribution in [0, 0.1) is 5.92 Å². The summed E-state index contributed by atoms with van der Waals surface area (Å²) in [5.74, 6) is 4.88. The zero-order chi connectivity index (χ0) is 31.4. The molecule has 0 aliphatic carbocycles. The molecule has 0 bridgehead atoms. The van der Waals surface area contributed by atoms with Crippen molar-refractivity contribution in [2.75, 3.05) is 26.2 Å². The Bertz CT molecular complexity index is 1570. The molecule has 0 aliphatic rings. The molecular formula is C39H45N3O3. The summed E-state index contributed by atoms with van der Waals surface area (Å²) in [5, 5.41) is 0. The number of nitrogens with zero attached hydrogens (tertiary/aromatic N) is 3. The molecule has 5 aromatic rings. The van der Waals surface area contributed by atoms with E-state index in [9.17, 15) is 0 Å². The van der Waals surface area contributed by atoms with Gasteiger partial charge in [-0.05, 0) is 104 Å². The topological polar surface area (TPSA) is 48.8 Å². The Kier molecular flexibility index (Phi) is 11.3. The molecule has 0 spiro atoms. The van der Waals surface area contributed by atoms with E-state index >= 15 is 0 Å². The van der Waals surface area contributed by atoms with Crippen LogP contribution in [0.5, 0.6) is 23.0 Å². The molecule has 6 nitrogen and oxygen atoms in total. The molecule has 0 aliphatic heterocycles. The van der Waals surface area contributed by atoms with Crippen LogP contribution in [0.2, 0.25) is 0 Å². The molecule has 0 N–H and O–H groups in total. The van der Waals surface area contributed by atoms with Crippen LogP contribution in [0.1, 0.15) is 45.5 Å². The van der Waals surface area contributed by atoms with E-state index in [0.717, 1.165) is 90.4 Å². The number of hydrogen-bond donors (Lipinski definition) is 0. The molecule has 0 atom stereocenters. The molecule has 4 aromatic carbocycles. The highest BCUT2D eigenvalue weighted by Gasteiger charge is 2.13. The minimum atomic E-state index is 0.480. The minimum Gasteiger partial charge on any atom is -0.494 e. The average molecular weight is 604 g/mol. The van der Waals surface area contributed by atoms with Gasteiger partial charge in [0.15, 0.2) is 0 Å². The number of ether oxygens (including phenoxy) is 3. The van der Waals surface area contributed by atoms with Gasteiger partial charge in [-0.3, -0.25) is 0 Å². The first-order valence-corrected chi connectivity index (χ1v) is 16.1. The monoisotopic (exact) mass is 603 g/mol. The van der Waals surface area contributed by atoms with E-state index in [0.29, 0.717) is 12.5 Å². The summed E-state index contributed by atoms with van der Waals surface area (Å²) in [6, 6.07) is 34.3. The van der Waals surface area contributed by atoms with Gasteiger partial charge in [-0.25, -0.2) is 4.98 Å². The van der Waals surface area contributed by atoms with Crippen molar-refractivity contribution in [2.45, 2.75) is 47.1 Å². The number of hydrogen-bond acceptors (Lipinski definition) is 5. The van der Waals surface area contributed by atoms with E-state index in [2.05, 4.69) is 79.8 Å². The Balaban J connectivity index is 1.19. The Morgan fingerprint density at radius 1 is 0.711 bits per heavy atom. The summed E-state index contributed by atoms with van der Waals surface area (Å²) >= 11 is 0. The molecular weight excluding hydrogens is 558 g/mol. The fourth-order valence-corrected chi connectivity index (χ4v) is 5.18. The highest BCUT2D eigenvalue weighted by atomic mass is 16.5. The lowest BCUT2D eigenvalue weighted by atomic mass is 10.1. The number of rotatable bonds is 16. The second-order valence-electron chi connectivity index (χ2n) is 11.6. The fourth-order valence-electron chi connectivity index (χ4n) is 5.18. The highest BCUT2D eigenvalue weighted by Crippen LogP contribution is 2.27. The number of para-hydroxylation sites is 1. The highest BCUT2D eigenvalue weighted by molar-refractivity contribution is 5.61. The summed E-state index contributed by atoms with van der Waals surface area (Å²) in [7, 11) is 0. The Morgan fingerprint density at radius 2 is 1.33 bits per heavy atom.